The molecule has 34 heavy (non-hydrogen) atoms. The molecule has 1 aliphatic rings. The molecule has 1 aliphatic heterocycles. The zero-order valence-corrected chi connectivity index (χ0v) is 20.4. The molecule has 4 nitrogen and oxygen atoms in total. The van der Waals surface area contributed by atoms with E-state index in [-0.39, 0.29) is 35.0 Å². The predicted molar refractivity (Wildman–Crippen MR) is 139 cm³/mol. The lowest BCUT2D eigenvalue weighted by molar-refractivity contribution is -0.0768. The maximum Gasteiger partial charge on any atom is 0.170 e. The number of rotatable bonds is 13. The van der Waals surface area contributed by atoms with Gasteiger partial charge in [0, 0.05) is 13.0 Å². The molecule has 0 spiro atoms. The standard InChI is InChI=1S/C29H35O4S/c30-17-10-18-34-23-27(32-20-25-13-6-2-7-14-25)29(33-21-26-15-8-3-9-16-26)28(34)22-31-19-24-11-4-1-5-12-24/h1-9,11-16,27-30H,10,17-23H2/q+1/t27-,28-,29+,34?/m1/s1. The summed E-state index contributed by atoms with van der Waals surface area (Å²) in [5.74, 6) is 1.93. The topological polar surface area (TPSA) is 47.9 Å². The molecule has 3 aromatic rings. The van der Waals surface area contributed by atoms with E-state index >= 15 is 0 Å². The predicted octanol–water partition coefficient (Wildman–Crippen LogP) is 4.76. The van der Waals surface area contributed by atoms with Crippen LogP contribution in [0, 0.1) is 0 Å². The summed E-state index contributed by atoms with van der Waals surface area (Å²) in [5, 5.41) is 9.73. The van der Waals surface area contributed by atoms with Crippen LogP contribution in [-0.2, 0) is 44.9 Å². The summed E-state index contributed by atoms with van der Waals surface area (Å²) >= 11 is 0. The molecule has 0 amide bonds. The molecule has 5 heteroatoms. The first kappa shape index (κ1) is 25.0. The third-order valence-electron chi connectivity index (χ3n) is 6.09. The Labute approximate surface area is 206 Å². The van der Waals surface area contributed by atoms with Crippen molar-refractivity contribution in [3.05, 3.63) is 108 Å². The highest BCUT2D eigenvalue weighted by Gasteiger charge is 2.52. The van der Waals surface area contributed by atoms with Crippen LogP contribution in [0.25, 0.3) is 0 Å². The summed E-state index contributed by atoms with van der Waals surface area (Å²) in [6.45, 7) is 2.57. The van der Waals surface area contributed by atoms with E-state index in [1.165, 1.54) is 11.1 Å². The highest BCUT2D eigenvalue weighted by molar-refractivity contribution is 7.97. The Hall–Kier alpha value is -2.15. The molecule has 3 aromatic carbocycles. The first-order valence-electron chi connectivity index (χ1n) is 12.0. The number of benzene rings is 3. The lowest BCUT2D eigenvalue weighted by Crippen LogP contribution is -2.39. The molecule has 0 aliphatic carbocycles. The molecule has 0 bridgehead atoms. The van der Waals surface area contributed by atoms with Gasteiger partial charge in [-0.2, -0.15) is 0 Å². The molecule has 180 valence electrons. The van der Waals surface area contributed by atoms with E-state index in [2.05, 4.69) is 36.4 Å². The van der Waals surface area contributed by atoms with Crippen molar-refractivity contribution in [3.63, 3.8) is 0 Å². The van der Waals surface area contributed by atoms with Crippen LogP contribution in [-0.4, -0.2) is 47.3 Å². The van der Waals surface area contributed by atoms with E-state index in [9.17, 15) is 5.11 Å². The summed E-state index contributed by atoms with van der Waals surface area (Å²) < 4.78 is 19.2. The zero-order valence-electron chi connectivity index (χ0n) is 19.6. The highest BCUT2D eigenvalue weighted by atomic mass is 32.2. The van der Waals surface area contributed by atoms with Gasteiger partial charge in [-0.05, 0) is 27.6 Å². The van der Waals surface area contributed by atoms with Crippen LogP contribution in [0.1, 0.15) is 23.1 Å². The first-order chi connectivity index (χ1) is 16.8. The van der Waals surface area contributed by atoms with Gasteiger partial charge in [0.1, 0.15) is 23.7 Å². The third-order valence-corrected chi connectivity index (χ3v) is 8.92. The summed E-state index contributed by atoms with van der Waals surface area (Å²) in [6, 6.07) is 30.9. The molecule has 1 unspecified atom stereocenters. The lowest BCUT2D eigenvalue weighted by Gasteiger charge is -2.22. The van der Waals surface area contributed by atoms with E-state index in [0.29, 0.717) is 26.4 Å². The van der Waals surface area contributed by atoms with Crippen LogP contribution in [0.5, 0.6) is 0 Å². The Morgan fingerprint density at radius 2 is 1.24 bits per heavy atom. The van der Waals surface area contributed by atoms with Gasteiger partial charge in [0.15, 0.2) is 5.25 Å². The molecule has 0 saturated carbocycles. The minimum atomic E-state index is -0.0401. The van der Waals surface area contributed by atoms with Crippen molar-refractivity contribution in [2.75, 3.05) is 24.7 Å². The van der Waals surface area contributed by atoms with Crippen molar-refractivity contribution in [2.24, 2.45) is 0 Å². The molecule has 1 saturated heterocycles. The third kappa shape index (κ3) is 7.42. The quantitative estimate of drug-likeness (QED) is 0.359. The molecule has 1 fully saturated rings. The summed E-state index contributed by atoms with van der Waals surface area (Å²) in [5.41, 5.74) is 3.51. The van der Waals surface area contributed by atoms with Crippen molar-refractivity contribution >= 4 is 10.9 Å². The SMILES string of the molecule is OCCC[S+]1C[C@@H](OCc2ccccc2)[C@H](OCc2ccccc2)[C@H]1COCc1ccccc1. The summed E-state index contributed by atoms with van der Waals surface area (Å²) in [4.78, 5) is 0. The van der Waals surface area contributed by atoms with E-state index in [0.717, 1.165) is 23.5 Å². The fraction of sp³-hybridized carbons (Fsp3) is 0.379. The normalized spacial score (nSPS) is 22.1. The van der Waals surface area contributed by atoms with Crippen molar-refractivity contribution < 1.29 is 19.3 Å². The number of hydrogen-bond acceptors (Lipinski definition) is 4. The van der Waals surface area contributed by atoms with E-state index in [1.807, 2.05) is 54.6 Å². The first-order valence-corrected chi connectivity index (χ1v) is 13.7. The number of aliphatic hydroxyl groups is 1. The molecule has 4 rings (SSSR count). The lowest BCUT2D eigenvalue weighted by atomic mass is 10.1. The van der Waals surface area contributed by atoms with Gasteiger partial charge >= 0.3 is 0 Å². The summed E-state index contributed by atoms with van der Waals surface area (Å²) in [7, 11) is 0.0662. The molecular formula is C29H35O4S+. The van der Waals surface area contributed by atoms with E-state index < -0.39 is 0 Å². The van der Waals surface area contributed by atoms with Gasteiger partial charge in [-0.15, -0.1) is 0 Å². The molecular weight excluding hydrogens is 444 g/mol. The van der Waals surface area contributed by atoms with E-state index in [1.54, 1.807) is 0 Å². The summed E-state index contributed by atoms with van der Waals surface area (Å²) in [6.07, 6.45) is 0.771. The van der Waals surface area contributed by atoms with Crippen LogP contribution in [0.2, 0.25) is 0 Å². The van der Waals surface area contributed by atoms with Crippen LogP contribution >= 0.6 is 0 Å². The van der Waals surface area contributed by atoms with Crippen LogP contribution in [0.15, 0.2) is 91.0 Å². The largest absolute Gasteiger partial charge is 0.396 e. The smallest absolute Gasteiger partial charge is 0.170 e. The van der Waals surface area contributed by atoms with Gasteiger partial charge in [0.05, 0.1) is 26.4 Å². The number of aliphatic hydroxyl groups excluding tert-OH is 1. The van der Waals surface area contributed by atoms with Gasteiger partial charge in [0.25, 0.3) is 0 Å². The van der Waals surface area contributed by atoms with E-state index in [4.69, 9.17) is 14.2 Å². The van der Waals surface area contributed by atoms with Crippen molar-refractivity contribution in [1.82, 2.24) is 0 Å². The molecule has 0 radical (unpaired) electrons. The Morgan fingerprint density at radius 3 is 1.79 bits per heavy atom. The maximum absolute atomic E-state index is 9.48. The Kier molecular flexibility index (Phi) is 10.0. The van der Waals surface area contributed by atoms with Gasteiger partial charge < -0.3 is 19.3 Å². The van der Waals surface area contributed by atoms with Gasteiger partial charge in [-0.3, -0.25) is 0 Å². The second-order valence-corrected chi connectivity index (χ2v) is 11.0. The maximum atomic E-state index is 9.48. The fourth-order valence-corrected chi connectivity index (χ4v) is 7.15. The van der Waals surface area contributed by atoms with Crippen LogP contribution in [0.4, 0.5) is 0 Å². The van der Waals surface area contributed by atoms with Crippen LogP contribution < -0.4 is 0 Å². The number of ether oxygens (including phenoxy) is 3. The fourth-order valence-electron chi connectivity index (χ4n) is 4.30. The molecule has 1 heterocycles. The van der Waals surface area contributed by atoms with Crippen molar-refractivity contribution in [1.29, 1.82) is 0 Å². The minimum Gasteiger partial charge on any atom is -0.396 e. The monoisotopic (exact) mass is 479 g/mol. The average molecular weight is 480 g/mol. The molecule has 1 N–H and O–H groups in total. The van der Waals surface area contributed by atoms with Crippen molar-refractivity contribution in [2.45, 2.75) is 43.7 Å². The Balaban J connectivity index is 1.45. The van der Waals surface area contributed by atoms with Gasteiger partial charge in [0.2, 0.25) is 0 Å². The van der Waals surface area contributed by atoms with Crippen molar-refractivity contribution in [3.8, 4) is 0 Å². The Bertz CT molecular complexity index is 938. The van der Waals surface area contributed by atoms with Gasteiger partial charge in [-0.25, -0.2) is 0 Å². The minimum absolute atomic E-state index is 0.0104. The molecule has 4 atom stereocenters. The second kappa shape index (κ2) is 13.7. The zero-order chi connectivity index (χ0) is 23.4. The average Bonchev–Trinajstić information content (AvgIpc) is 3.23. The highest BCUT2D eigenvalue weighted by Crippen LogP contribution is 2.31. The van der Waals surface area contributed by atoms with Crippen LogP contribution in [0.3, 0.4) is 0 Å². The Morgan fingerprint density at radius 1 is 0.706 bits per heavy atom. The molecule has 0 aromatic heterocycles. The second-order valence-electron chi connectivity index (χ2n) is 8.62. The van der Waals surface area contributed by atoms with Gasteiger partial charge in [-0.1, -0.05) is 91.0 Å². The number of hydrogen-bond donors (Lipinski definition) is 1.